The summed E-state index contributed by atoms with van der Waals surface area (Å²) < 4.78 is 5.37. The van der Waals surface area contributed by atoms with E-state index in [2.05, 4.69) is 10.5 Å². The number of ether oxygens (including phenoxy) is 1. The maximum absolute atomic E-state index is 11.8. The first-order chi connectivity index (χ1) is 13.5. The Kier molecular flexibility index (Phi) is 6.21. The number of nitro groups is 1. The summed E-state index contributed by atoms with van der Waals surface area (Å²) in [6.07, 6.45) is 3.46. The van der Waals surface area contributed by atoms with Gasteiger partial charge < -0.3 is 9.64 Å². The highest BCUT2D eigenvalue weighted by Gasteiger charge is 2.22. The van der Waals surface area contributed by atoms with E-state index in [0.717, 1.165) is 31.5 Å². The quantitative estimate of drug-likeness (QED) is 0.451. The lowest BCUT2D eigenvalue weighted by atomic mass is 10.1. The maximum Gasteiger partial charge on any atom is 0.293 e. The van der Waals surface area contributed by atoms with Crippen molar-refractivity contribution < 1.29 is 14.5 Å². The van der Waals surface area contributed by atoms with Gasteiger partial charge in [0.2, 0.25) is 0 Å². The van der Waals surface area contributed by atoms with Gasteiger partial charge in [0, 0.05) is 24.7 Å². The van der Waals surface area contributed by atoms with Gasteiger partial charge >= 0.3 is 0 Å². The summed E-state index contributed by atoms with van der Waals surface area (Å²) in [5.74, 6) is 0.179. The van der Waals surface area contributed by atoms with E-state index in [1.165, 1.54) is 12.3 Å². The zero-order valence-corrected chi connectivity index (χ0v) is 15.6. The van der Waals surface area contributed by atoms with Crippen molar-refractivity contribution in [3.8, 4) is 5.75 Å². The molecule has 1 saturated heterocycles. The van der Waals surface area contributed by atoms with Crippen LogP contribution in [-0.4, -0.2) is 36.7 Å². The Morgan fingerprint density at radius 2 is 1.96 bits per heavy atom. The third-order valence-corrected chi connectivity index (χ3v) is 4.44. The van der Waals surface area contributed by atoms with Crippen LogP contribution in [0.15, 0.2) is 47.6 Å². The van der Waals surface area contributed by atoms with Crippen molar-refractivity contribution in [2.75, 3.05) is 24.6 Å². The van der Waals surface area contributed by atoms with Crippen LogP contribution in [0.4, 0.5) is 11.4 Å². The van der Waals surface area contributed by atoms with Gasteiger partial charge in [-0.3, -0.25) is 14.9 Å². The van der Waals surface area contributed by atoms with Gasteiger partial charge in [-0.05, 0) is 38.0 Å². The normalized spacial score (nSPS) is 13.7. The molecule has 1 heterocycles. The highest BCUT2D eigenvalue weighted by atomic mass is 16.6. The topological polar surface area (TPSA) is 97.1 Å². The van der Waals surface area contributed by atoms with Crippen molar-refractivity contribution in [3.05, 3.63) is 63.7 Å². The van der Waals surface area contributed by atoms with Crippen molar-refractivity contribution in [3.63, 3.8) is 0 Å². The molecule has 2 aromatic carbocycles. The van der Waals surface area contributed by atoms with Crippen LogP contribution in [0.2, 0.25) is 0 Å². The molecule has 1 aliphatic heterocycles. The zero-order chi connectivity index (χ0) is 19.9. The smallest absolute Gasteiger partial charge is 0.293 e. The van der Waals surface area contributed by atoms with Crippen molar-refractivity contribution in [2.24, 2.45) is 5.10 Å². The minimum atomic E-state index is -0.417. The number of anilines is 1. The number of hydrogen-bond acceptors (Lipinski definition) is 6. The van der Waals surface area contributed by atoms with Gasteiger partial charge in [0.05, 0.1) is 11.1 Å². The molecule has 0 radical (unpaired) electrons. The fourth-order valence-corrected chi connectivity index (χ4v) is 2.99. The Labute approximate surface area is 163 Å². The van der Waals surface area contributed by atoms with Crippen molar-refractivity contribution in [1.29, 1.82) is 0 Å². The molecule has 1 amide bonds. The Balaban J connectivity index is 1.57. The van der Waals surface area contributed by atoms with E-state index in [-0.39, 0.29) is 17.2 Å². The van der Waals surface area contributed by atoms with Crippen molar-refractivity contribution in [1.82, 2.24) is 5.43 Å². The number of carbonyl (C=O) groups excluding carboxylic acids is 1. The van der Waals surface area contributed by atoms with Crippen LogP contribution < -0.4 is 15.1 Å². The standard InChI is InChI=1S/C20H22N4O4/c1-15-4-7-17(8-5-15)28-14-20(25)22-21-13-16-6-9-18(19(12-16)24(26)27)23-10-2-3-11-23/h4-9,12-13H,2-3,10-11,14H2,1H3,(H,22,25)/b21-13-. The van der Waals surface area contributed by atoms with Crippen molar-refractivity contribution in [2.45, 2.75) is 19.8 Å². The van der Waals surface area contributed by atoms with E-state index in [0.29, 0.717) is 17.0 Å². The van der Waals surface area contributed by atoms with E-state index >= 15 is 0 Å². The molecule has 1 fully saturated rings. The molecule has 1 aliphatic rings. The van der Waals surface area contributed by atoms with E-state index in [4.69, 9.17) is 4.74 Å². The van der Waals surface area contributed by atoms with Gasteiger partial charge in [0.1, 0.15) is 11.4 Å². The number of aryl methyl sites for hydroxylation is 1. The summed E-state index contributed by atoms with van der Waals surface area (Å²) in [7, 11) is 0. The maximum atomic E-state index is 11.8. The van der Waals surface area contributed by atoms with E-state index < -0.39 is 5.91 Å². The van der Waals surface area contributed by atoms with Crippen LogP contribution in [0.3, 0.4) is 0 Å². The molecule has 0 atom stereocenters. The first-order valence-corrected chi connectivity index (χ1v) is 9.08. The fraction of sp³-hybridized carbons (Fsp3) is 0.300. The highest BCUT2D eigenvalue weighted by Crippen LogP contribution is 2.31. The number of carbonyl (C=O) groups is 1. The summed E-state index contributed by atoms with van der Waals surface area (Å²) in [6.45, 7) is 3.44. The molecular weight excluding hydrogens is 360 g/mol. The summed E-state index contributed by atoms with van der Waals surface area (Å²) in [5, 5.41) is 15.3. The van der Waals surface area contributed by atoms with Gasteiger partial charge in [-0.15, -0.1) is 0 Å². The Bertz CT molecular complexity index is 874. The lowest BCUT2D eigenvalue weighted by Gasteiger charge is -2.17. The lowest BCUT2D eigenvalue weighted by Crippen LogP contribution is -2.24. The molecule has 0 spiro atoms. The Morgan fingerprint density at radius 1 is 1.25 bits per heavy atom. The molecular formula is C20H22N4O4. The highest BCUT2D eigenvalue weighted by molar-refractivity contribution is 5.85. The number of nitrogens with one attached hydrogen (secondary N) is 1. The van der Waals surface area contributed by atoms with E-state index in [1.54, 1.807) is 24.3 Å². The molecule has 28 heavy (non-hydrogen) atoms. The number of nitro benzene ring substituents is 1. The summed E-state index contributed by atoms with van der Waals surface area (Å²) in [6, 6.07) is 12.3. The van der Waals surface area contributed by atoms with Crippen LogP contribution in [0, 0.1) is 17.0 Å². The SMILES string of the molecule is Cc1ccc(OCC(=O)N/N=C\c2ccc(N3CCCC3)c([N+](=O)[O-])c2)cc1. The first kappa shape index (κ1) is 19.3. The number of hydrogen-bond donors (Lipinski definition) is 1. The molecule has 8 heteroatoms. The molecule has 0 saturated carbocycles. The molecule has 2 aromatic rings. The number of hydrazone groups is 1. The van der Waals surface area contributed by atoms with Gasteiger partial charge in [0.25, 0.3) is 11.6 Å². The van der Waals surface area contributed by atoms with Gasteiger partial charge in [0.15, 0.2) is 6.61 Å². The average molecular weight is 382 g/mol. The molecule has 0 bridgehead atoms. The summed E-state index contributed by atoms with van der Waals surface area (Å²) in [4.78, 5) is 24.8. The Hall–Kier alpha value is -3.42. The number of nitrogens with zero attached hydrogens (tertiary/aromatic N) is 3. The third-order valence-electron chi connectivity index (χ3n) is 4.44. The predicted molar refractivity (Wildman–Crippen MR) is 107 cm³/mol. The van der Waals surface area contributed by atoms with Crippen LogP contribution in [-0.2, 0) is 4.79 Å². The largest absolute Gasteiger partial charge is 0.484 e. The average Bonchev–Trinajstić information content (AvgIpc) is 3.22. The van der Waals surface area contributed by atoms with Crippen LogP contribution >= 0.6 is 0 Å². The monoisotopic (exact) mass is 382 g/mol. The third kappa shape index (κ3) is 5.06. The van der Waals surface area contributed by atoms with Crippen LogP contribution in [0.5, 0.6) is 5.75 Å². The minimum absolute atomic E-state index is 0.0416. The fourth-order valence-electron chi connectivity index (χ4n) is 2.99. The van der Waals surface area contributed by atoms with Crippen LogP contribution in [0.1, 0.15) is 24.0 Å². The van der Waals surface area contributed by atoms with E-state index in [1.807, 2.05) is 24.0 Å². The molecule has 1 N–H and O–H groups in total. The second-order valence-electron chi connectivity index (χ2n) is 6.59. The van der Waals surface area contributed by atoms with Gasteiger partial charge in [-0.2, -0.15) is 5.10 Å². The van der Waals surface area contributed by atoms with Gasteiger partial charge in [-0.25, -0.2) is 5.43 Å². The summed E-state index contributed by atoms with van der Waals surface area (Å²) in [5.41, 5.74) is 4.66. The molecule has 0 unspecified atom stereocenters. The van der Waals surface area contributed by atoms with Crippen molar-refractivity contribution >= 4 is 23.5 Å². The summed E-state index contributed by atoms with van der Waals surface area (Å²) >= 11 is 0. The number of benzene rings is 2. The molecule has 0 aromatic heterocycles. The Morgan fingerprint density at radius 3 is 2.64 bits per heavy atom. The van der Waals surface area contributed by atoms with E-state index in [9.17, 15) is 14.9 Å². The minimum Gasteiger partial charge on any atom is -0.484 e. The first-order valence-electron chi connectivity index (χ1n) is 9.08. The molecule has 8 nitrogen and oxygen atoms in total. The molecule has 146 valence electrons. The second-order valence-corrected chi connectivity index (χ2v) is 6.59. The zero-order valence-electron chi connectivity index (χ0n) is 15.6. The predicted octanol–water partition coefficient (Wildman–Crippen LogP) is 3.03. The second kappa shape index (κ2) is 8.98. The van der Waals surface area contributed by atoms with Crippen LogP contribution in [0.25, 0.3) is 0 Å². The number of rotatable bonds is 7. The van der Waals surface area contributed by atoms with Gasteiger partial charge in [-0.1, -0.05) is 23.8 Å². The molecule has 3 rings (SSSR count). The lowest BCUT2D eigenvalue weighted by molar-refractivity contribution is -0.384. The molecule has 0 aliphatic carbocycles. The number of amides is 1.